The molecule has 0 radical (unpaired) electrons. The van der Waals surface area contributed by atoms with Crippen LogP contribution in [-0.2, 0) is 6.42 Å². The van der Waals surface area contributed by atoms with Crippen molar-refractivity contribution in [1.29, 1.82) is 5.26 Å². The number of nitriles is 1. The van der Waals surface area contributed by atoms with Crippen molar-refractivity contribution in [3.63, 3.8) is 0 Å². The molecule has 0 amide bonds. The minimum atomic E-state index is 0.608. The standard InChI is InChI=1S/C17H18N2O/c1-20-17-12-15(13-18)9-10-16(17)19-11-5-8-14-6-3-2-4-7-14/h2-4,6-7,9-10,12,19H,5,8,11H2,1H3. The monoisotopic (exact) mass is 266 g/mol. The molecule has 0 aromatic heterocycles. The Hall–Kier alpha value is -2.47. The number of benzene rings is 2. The lowest BCUT2D eigenvalue weighted by atomic mass is 10.1. The van der Waals surface area contributed by atoms with Crippen LogP contribution in [-0.4, -0.2) is 13.7 Å². The first-order valence-electron chi connectivity index (χ1n) is 6.69. The fourth-order valence-corrected chi connectivity index (χ4v) is 2.07. The highest BCUT2D eigenvalue weighted by Crippen LogP contribution is 2.25. The maximum absolute atomic E-state index is 8.86. The second-order valence-corrected chi connectivity index (χ2v) is 4.54. The minimum Gasteiger partial charge on any atom is -0.495 e. The summed E-state index contributed by atoms with van der Waals surface area (Å²) < 4.78 is 5.29. The van der Waals surface area contributed by atoms with E-state index in [1.54, 1.807) is 19.2 Å². The Morgan fingerprint density at radius 2 is 1.95 bits per heavy atom. The summed E-state index contributed by atoms with van der Waals surface area (Å²) in [6, 6.07) is 18.0. The van der Waals surface area contributed by atoms with E-state index in [-0.39, 0.29) is 0 Å². The molecule has 0 fully saturated rings. The number of ether oxygens (including phenoxy) is 1. The number of rotatable bonds is 6. The second kappa shape index (κ2) is 7.20. The highest BCUT2D eigenvalue weighted by molar-refractivity contribution is 5.59. The van der Waals surface area contributed by atoms with Crippen LogP contribution in [0.25, 0.3) is 0 Å². The lowest BCUT2D eigenvalue weighted by molar-refractivity contribution is 0.416. The summed E-state index contributed by atoms with van der Waals surface area (Å²) in [7, 11) is 1.62. The Labute approximate surface area is 119 Å². The maximum atomic E-state index is 8.86. The van der Waals surface area contributed by atoms with Gasteiger partial charge < -0.3 is 10.1 Å². The summed E-state index contributed by atoms with van der Waals surface area (Å²) in [6.07, 6.45) is 2.10. The molecule has 2 aromatic carbocycles. The van der Waals surface area contributed by atoms with Crippen LogP contribution in [0.5, 0.6) is 5.75 Å². The van der Waals surface area contributed by atoms with Crippen molar-refractivity contribution < 1.29 is 4.74 Å². The first-order valence-corrected chi connectivity index (χ1v) is 6.69. The van der Waals surface area contributed by atoms with E-state index in [1.165, 1.54) is 5.56 Å². The summed E-state index contributed by atoms with van der Waals surface area (Å²) in [6.45, 7) is 0.872. The molecule has 1 N–H and O–H groups in total. The molecular weight excluding hydrogens is 248 g/mol. The molecule has 0 bridgehead atoms. The van der Waals surface area contributed by atoms with Crippen molar-refractivity contribution >= 4 is 5.69 Å². The van der Waals surface area contributed by atoms with E-state index in [1.807, 2.05) is 12.1 Å². The van der Waals surface area contributed by atoms with E-state index in [4.69, 9.17) is 10.00 Å². The van der Waals surface area contributed by atoms with Crippen LogP contribution >= 0.6 is 0 Å². The van der Waals surface area contributed by atoms with Crippen molar-refractivity contribution in [2.45, 2.75) is 12.8 Å². The third kappa shape index (κ3) is 3.76. The van der Waals surface area contributed by atoms with Gasteiger partial charge in [-0.3, -0.25) is 0 Å². The zero-order valence-electron chi connectivity index (χ0n) is 11.6. The van der Waals surface area contributed by atoms with Gasteiger partial charge in [0.05, 0.1) is 24.4 Å². The van der Waals surface area contributed by atoms with Crippen LogP contribution in [0.3, 0.4) is 0 Å². The Bertz CT molecular complexity index is 588. The predicted molar refractivity (Wildman–Crippen MR) is 81.0 cm³/mol. The van der Waals surface area contributed by atoms with E-state index in [2.05, 4.69) is 35.7 Å². The number of aryl methyl sites for hydroxylation is 1. The number of nitrogens with one attached hydrogen (secondary N) is 1. The van der Waals surface area contributed by atoms with Gasteiger partial charge in [0.15, 0.2) is 0 Å². The highest BCUT2D eigenvalue weighted by atomic mass is 16.5. The fraction of sp³-hybridized carbons (Fsp3) is 0.235. The molecule has 2 rings (SSSR count). The van der Waals surface area contributed by atoms with Gasteiger partial charge in [-0.25, -0.2) is 0 Å². The molecule has 0 spiro atoms. The Balaban J connectivity index is 1.87. The molecule has 0 aliphatic heterocycles. The van der Waals surface area contributed by atoms with Gasteiger partial charge in [0, 0.05) is 12.6 Å². The number of nitrogens with zero attached hydrogens (tertiary/aromatic N) is 1. The molecule has 0 heterocycles. The van der Waals surface area contributed by atoms with E-state index in [9.17, 15) is 0 Å². The zero-order valence-corrected chi connectivity index (χ0v) is 11.6. The summed E-state index contributed by atoms with van der Waals surface area (Å²) in [5.74, 6) is 0.712. The fourth-order valence-electron chi connectivity index (χ4n) is 2.07. The Morgan fingerprint density at radius 1 is 1.15 bits per heavy atom. The van der Waals surface area contributed by atoms with Gasteiger partial charge in [-0.1, -0.05) is 30.3 Å². The molecule has 0 aliphatic carbocycles. The average molecular weight is 266 g/mol. The van der Waals surface area contributed by atoms with Gasteiger partial charge in [-0.05, 0) is 30.5 Å². The van der Waals surface area contributed by atoms with Crippen molar-refractivity contribution in [3.05, 3.63) is 59.7 Å². The van der Waals surface area contributed by atoms with E-state index in [0.29, 0.717) is 11.3 Å². The lowest BCUT2D eigenvalue weighted by Gasteiger charge is -2.11. The van der Waals surface area contributed by atoms with E-state index < -0.39 is 0 Å². The van der Waals surface area contributed by atoms with Crippen molar-refractivity contribution in [2.75, 3.05) is 19.0 Å². The molecule has 0 aliphatic rings. The molecule has 3 heteroatoms. The van der Waals surface area contributed by atoms with Crippen molar-refractivity contribution in [1.82, 2.24) is 0 Å². The average Bonchev–Trinajstić information content (AvgIpc) is 2.52. The molecule has 0 saturated heterocycles. The zero-order chi connectivity index (χ0) is 14.2. The number of methoxy groups -OCH3 is 1. The van der Waals surface area contributed by atoms with Crippen LogP contribution in [0.15, 0.2) is 48.5 Å². The molecular formula is C17H18N2O. The highest BCUT2D eigenvalue weighted by Gasteiger charge is 2.03. The van der Waals surface area contributed by atoms with Gasteiger partial charge in [0.25, 0.3) is 0 Å². The van der Waals surface area contributed by atoms with Crippen LogP contribution in [0.2, 0.25) is 0 Å². The summed E-state index contributed by atoms with van der Waals surface area (Å²) in [4.78, 5) is 0. The molecule has 0 saturated carbocycles. The number of anilines is 1. The number of hydrogen-bond acceptors (Lipinski definition) is 3. The summed E-state index contributed by atoms with van der Waals surface area (Å²) in [5.41, 5.74) is 2.89. The van der Waals surface area contributed by atoms with Gasteiger partial charge in [0.2, 0.25) is 0 Å². The first-order chi connectivity index (χ1) is 9.83. The quantitative estimate of drug-likeness (QED) is 0.812. The first kappa shape index (κ1) is 14.0. The van der Waals surface area contributed by atoms with E-state index >= 15 is 0 Å². The largest absolute Gasteiger partial charge is 0.495 e. The van der Waals surface area contributed by atoms with Crippen LogP contribution in [0.1, 0.15) is 17.5 Å². The van der Waals surface area contributed by atoms with Crippen LogP contribution < -0.4 is 10.1 Å². The second-order valence-electron chi connectivity index (χ2n) is 4.54. The normalized spacial score (nSPS) is 9.80. The third-order valence-electron chi connectivity index (χ3n) is 3.13. The van der Waals surface area contributed by atoms with Gasteiger partial charge in [-0.2, -0.15) is 5.26 Å². The van der Waals surface area contributed by atoms with Gasteiger partial charge >= 0.3 is 0 Å². The van der Waals surface area contributed by atoms with Crippen LogP contribution in [0, 0.1) is 11.3 Å². The third-order valence-corrected chi connectivity index (χ3v) is 3.13. The van der Waals surface area contributed by atoms with Crippen molar-refractivity contribution in [3.8, 4) is 11.8 Å². The predicted octanol–water partition coefficient (Wildman–Crippen LogP) is 3.61. The van der Waals surface area contributed by atoms with Crippen LogP contribution in [0.4, 0.5) is 5.69 Å². The van der Waals surface area contributed by atoms with E-state index in [0.717, 1.165) is 25.1 Å². The molecule has 0 unspecified atom stereocenters. The van der Waals surface area contributed by atoms with Gasteiger partial charge in [-0.15, -0.1) is 0 Å². The molecule has 3 nitrogen and oxygen atoms in total. The molecule has 102 valence electrons. The molecule has 20 heavy (non-hydrogen) atoms. The molecule has 2 aromatic rings. The lowest BCUT2D eigenvalue weighted by Crippen LogP contribution is -2.04. The SMILES string of the molecule is COc1cc(C#N)ccc1NCCCc1ccccc1. The minimum absolute atomic E-state index is 0.608. The Morgan fingerprint density at radius 3 is 2.65 bits per heavy atom. The summed E-state index contributed by atoms with van der Waals surface area (Å²) >= 11 is 0. The molecule has 0 atom stereocenters. The van der Waals surface area contributed by atoms with Crippen molar-refractivity contribution in [2.24, 2.45) is 0 Å². The van der Waals surface area contributed by atoms with Gasteiger partial charge in [0.1, 0.15) is 5.75 Å². The maximum Gasteiger partial charge on any atom is 0.143 e. The Kier molecular flexibility index (Phi) is 5.02. The number of hydrogen-bond donors (Lipinski definition) is 1. The topological polar surface area (TPSA) is 45.0 Å². The summed E-state index contributed by atoms with van der Waals surface area (Å²) in [5, 5.41) is 12.2. The smallest absolute Gasteiger partial charge is 0.143 e.